The molecule has 1 nitrogen and oxygen atoms in total. The number of rotatable bonds is 3. The maximum Gasteiger partial charge on any atom is 0.152 e. The Bertz CT molecular complexity index is 596. The molecule has 0 aromatic heterocycles. The van der Waals surface area contributed by atoms with Crippen LogP contribution in [0, 0.1) is 24.4 Å². The van der Waals surface area contributed by atoms with Gasteiger partial charge in [-0.2, -0.15) is 0 Å². The van der Waals surface area contributed by atoms with E-state index in [1.54, 1.807) is 32.0 Å². The first-order valence-corrected chi connectivity index (χ1v) is 5.96. The second kappa shape index (κ2) is 5.34. The van der Waals surface area contributed by atoms with Crippen LogP contribution in [-0.4, -0.2) is 0 Å². The lowest BCUT2D eigenvalue weighted by atomic mass is 10.1. The topological polar surface area (TPSA) is 12.0 Å². The zero-order chi connectivity index (χ0) is 14.0. The Morgan fingerprint density at radius 2 is 1.63 bits per heavy atom. The van der Waals surface area contributed by atoms with Crippen molar-refractivity contribution in [1.82, 2.24) is 0 Å². The molecule has 1 unspecified atom stereocenters. The van der Waals surface area contributed by atoms with Gasteiger partial charge in [-0.15, -0.1) is 0 Å². The second-order valence-electron chi connectivity index (χ2n) is 4.44. The number of hydrogen-bond donors (Lipinski definition) is 1. The summed E-state index contributed by atoms with van der Waals surface area (Å²) in [6.07, 6.45) is 0. The van der Waals surface area contributed by atoms with E-state index in [1.807, 2.05) is 0 Å². The fraction of sp³-hybridized carbons (Fsp3) is 0.200. The average molecular weight is 265 g/mol. The number of benzene rings is 2. The highest BCUT2D eigenvalue weighted by atomic mass is 19.1. The predicted octanol–water partition coefficient (Wildman–Crippen LogP) is 4.59. The summed E-state index contributed by atoms with van der Waals surface area (Å²) in [5.41, 5.74) is 0.475. The summed E-state index contributed by atoms with van der Waals surface area (Å²) < 4.78 is 41.0. The summed E-state index contributed by atoms with van der Waals surface area (Å²) in [5, 5.41) is 2.69. The molecule has 0 aliphatic rings. The first kappa shape index (κ1) is 13.5. The monoisotopic (exact) mass is 265 g/mol. The van der Waals surface area contributed by atoms with Crippen LogP contribution in [-0.2, 0) is 0 Å². The minimum Gasteiger partial charge on any atom is -0.374 e. The van der Waals surface area contributed by atoms with Gasteiger partial charge in [0.25, 0.3) is 0 Å². The first-order valence-electron chi connectivity index (χ1n) is 5.96. The summed E-state index contributed by atoms with van der Waals surface area (Å²) in [6, 6.07) is 8.17. The molecule has 0 aliphatic heterocycles. The van der Waals surface area contributed by atoms with Gasteiger partial charge in [-0.3, -0.25) is 0 Å². The summed E-state index contributed by atoms with van der Waals surface area (Å²) in [4.78, 5) is 0. The second-order valence-corrected chi connectivity index (χ2v) is 4.44. The molecule has 0 amide bonds. The standard InChI is InChI=1S/C15H14F3N/c1-9-7-8-13(17)15(14(9)18)19-10(2)11-5-3-4-6-12(11)16/h3-8,10,19H,1-2H3. The zero-order valence-electron chi connectivity index (χ0n) is 10.7. The SMILES string of the molecule is Cc1ccc(F)c(NC(C)c2ccccc2F)c1F. The lowest BCUT2D eigenvalue weighted by Crippen LogP contribution is -2.11. The Morgan fingerprint density at radius 1 is 0.947 bits per heavy atom. The molecule has 0 heterocycles. The van der Waals surface area contributed by atoms with E-state index in [9.17, 15) is 13.2 Å². The van der Waals surface area contributed by atoms with E-state index < -0.39 is 23.5 Å². The molecule has 0 saturated heterocycles. The lowest BCUT2D eigenvalue weighted by Gasteiger charge is -2.18. The van der Waals surface area contributed by atoms with E-state index in [2.05, 4.69) is 5.32 Å². The highest BCUT2D eigenvalue weighted by Crippen LogP contribution is 2.27. The van der Waals surface area contributed by atoms with Gasteiger partial charge in [-0.05, 0) is 31.5 Å². The van der Waals surface area contributed by atoms with E-state index in [-0.39, 0.29) is 5.69 Å². The Balaban J connectivity index is 2.32. The number of nitrogens with one attached hydrogen (secondary N) is 1. The third kappa shape index (κ3) is 2.72. The van der Waals surface area contributed by atoms with Crippen LogP contribution in [0.5, 0.6) is 0 Å². The molecule has 0 saturated carbocycles. The maximum absolute atomic E-state index is 13.8. The van der Waals surface area contributed by atoms with Crippen LogP contribution in [0.3, 0.4) is 0 Å². The minimum absolute atomic E-state index is 0.226. The van der Waals surface area contributed by atoms with Crippen LogP contribution in [0.2, 0.25) is 0 Å². The summed E-state index contributed by atoms with van der Waals surface area (Å²) in [7, 11) is 0. The normalized spacial score (nSPS) is 12.3. The molecular formula is C15H14F3N. The highest BCUT2D eigenvalue weighted by Gasteiger charge is 2.16. The molecular weight excluding hydrogens is 251 g/mol. The van der Waals surface area contributed by atoms with Crippen molar-refractivity contribution >= 4 is 5.69 Å². The van der Waals surface area contributed by atoms with E-state index >= 15 is 0 Å². The quantitative estimate of drug-likeness (QED) is 0.856. The van der Waals surface area contributed by atoms with Gasteiger partial charge in [0.05, 0.1) is 6.04 Å². The minimum atomic E-state index is -0.689. The molecule has 2 aromatic carbocycles. The molecule has 2 aromatic rings. The summed E-state index contributed by atoms with van der Waals surface area (Å²) in [5.74, 6) is -1.74. The van der Waals surface area contributed by atoms with Gasteiger partial charge in [-0.25, -0.2) is 13.2 Å². The molecule has 1 atom stereocenters. The Kier molecular flexibility index (Phi) is 3.79. The van der Waals surface area contributed by atoms with Crippen molar-refractivity contribution < 1.29 is 13.2 Å². The summed E-state index contributed by atoms with van der Waals surface area (Å²) in [6.45, 7) is 3.20. The fourth-order valence-corrected chi connectivity index (χ4v) is 1.91. The van der Waals surface area contributed by atoms with Crippen LogP contribution >= 0.6 is 0 Å². The molecule has 19 heavy (non-hydrogen) atoms. The van der Waals surface area contributed by atoms with Crippen molar-refractivity contribution in [1.29, 1.82) is 0 Å². The van der Waals surface area contributed by atoms with E-state index in [0.717, 1.165) is 0 Å². The first-order chi connectivity index (χ1) is 9.00. The summed E-state index contributed by atoms with van der Waals surface area (Å²) >= 11 is 0. The lowest BCUT2D eigenvalue weighted by molar-refractivity contribution is 0.572. The fourth-order valence-electron chi connectivity index (χ4n) is 1.91. The van der Waals surface area contributed by atoms with Crippen LogP contribution in [0.1, 0.15) is 24.1 Å². The van der Waals surface area contributed by atoms with Gasteiger partial charge in [-0.1, -0.05) is 24.3 Å². The van der Waals surface area contributed by atoms with Crippen molar-refractivity contribution in [2.75, 3.05) is 5.32 Å². The number of hydrogen-bond acceptors (Lipinski definition) is 1. The van der Waals surface area contributed by atoms with E-state index in [4.69, 9.17) is 0 Å². The zero-order valence-corrected chi connectivity index (χ0v) is 10.7. The molecule has 4 heteroatoms. The maximum atomic E-state index is 13.8. The molecule has 0 bridgehead atoms. The van der Waals surface area contributed by atoms with Gasteiger partial charge in [0.1, 0.15) is 17.3 Å². The molecule has 100 valence electrons. The highest BCUT2D eigenvalue weighted by molar-refractivity contribution is 5.50. The van der Waals surface area contributed by atoms with Gasteiger partial charge in [0.2, 0.25) is 0 Å². The van der Waals surface area contributed by atoms with E-state index in [0.29, 0.717) is 11.1 Å². The van der Waals surface area contributed by atoms with Crippen molar-refractivity contribution in [3.63, 3.8) is 0 Å². The molecule has 1 N–H and O–H groups in total. The smallest absolute Gasteiger partial charge is 0.152 e. The molecule has 0 fully saturated rings. The van der Waals surface area contributed by atoms with Crippen molar-refractivity contribution in [2.24, 2.45) is 0 Å². The molecule has 2 rings (SSSR count). The predicted molar refractivity (Wildman–Crippen MR) is 69.5 cm³/mol. The van der Waals surface area contributed by atoms with Crippen LogP contribution in [0.15, 0.2) is 36.4 Å². The third-order valence-corrected chi connectivity index (χ3v) is 3.02. The average Bonchev–Trinajstić information content (AvgIpc) is 2.39. The van der Waals surface area contributed by atoms with Crippen molar-refractivity contribution in [3.8, 4) is 0 Å². The van der Waals surface area contributed by atoms with Gasteiger partial charge in [0, 0.05) is 5.56 Å². The van der Waals surface area contributed by atoms with Crippen LogP contribution in [0.4, 0.5) is 18.9 Å². The van der Waals surface area contributed by atoms with E-state index in [1.165, 1.54) is 18.2 Å². The van der Waals surface area contributed by atoms with Crippen LogP contribution < -0.4 is 5.32 Å². The molecule has 0 aliphatic carbocycles. The van der Waals surface area contributed by atoms with Crippen LogP contribution in [0.25, 0.3) is 0 Å². The number of aryl methyl sites for hydroxylation is 1. The molecule has 0 radical (unpaired) electrons. The number of anilines is 1. The third-order valence-electron chi connectivity index (χ3n) is 3.02. The largest absolute Gasteiger partial charge is 0.374 e. The molecule has 0 spiro atoms. The van der Waals surface area contributed by atoms with Gasteiger partial charge < -0.3 is 5.32 Å². The van der Waals surface area contributed by atoms with Crippen molar-refractivity contribution in [2.45, 2.75) is 19.9 Å². The number of halogens is 3. The van der Waals surface area contributed by atoms with Crippen molar-refractivity contribution in [3.05, 3.63) is 65.0 Å². The van der Waals surface area contributed by atoms with Gasteiger partial charge in [0.15, 0.2) is 5.82 Å². The Labute approximate surface area is 110 Å². The van der Waals surface area contributed by atoms with Gasteiger partial charge >= 0.3 is 0 Å². The Morgan fingerprint density at radius 3 is 2.32 bits per heavy atom. The Hall–Kier alpha value is -1.97.